The maximum absolute atomic E-state index is 6.28. The van der Waals surface area contributed by atoms with Gasteiger partial charge in [0.1, 0.15) is 0 Å². The van der Waals surface area contributed by atoms with E-state index in [1.54, 1.807) is 0 Å². The van der Waals surface area contributed by atoms with Crippen molar-refractivity contribution in [3.8, 4) is 0 Å². The number of rotatable bonds is 3. The van der Waals surface area contributed by atoms with Crippen LogP contribution in [0.1, 0.15) is 28.6 Å². The van der Waals surface area contributed by atoms with E-state index in [2.05, 4.69) is 34.0 Å². The Morgan fingerprint density at radius 2 is 2.11 bits per heavy atom. The molecule has 19 heavy (non-hydrogen) atoms. The SMILES string of the molecule is Cc1cc(C(N)Cc2c(Cl)c(C)nn2C)ccc1Br. The summed E-state index contributed by atoms with van der Waals surface area (Å²) in [7, 11) is 1.90. The summed E-state index contributed by atoms with van der Waals surface area (Å²) in [6.07, 6.45) is 0.678. The average molecular weight is 343 g/mol. The van der Waals surface area contributed by atoms with Gasteiger partial charge < -0.3 is 5.73 Å². The summed E-state index contributed by atoms with van der Waals surface area (Å²) < 4.78 is 2.90. The van der Waals surface area contributed by atoms with Crippen molar-refractivity contribution in [1.29, 1.82) is 0 Å². The van der Waals surface area contributed by atoms with E-state index in [0.717, 1.165) is 21.4 Å². The molecule has 5 heteroatoms. The lowest BCUT2D eigenvalue weighted by molar-refractivity contribution is 0.639. The highest BCUT2D eigenvalue weighted by Crippen LogP contribution is 2.26. The topological polar surface area (TPSA) is 43.8 Å². The second-order valence-electron chi connectivity index (χ2n) is 4.79. The van der Waals surface area contributed by atoms with Crippen LogP contribution >= 0.6 is 27.5 Å². The number of hydrogen-bond donors (Lipinski definition) is 1. The third kappa shape index (κ3) is 3.02. The number of aryl methyl sites for hydroxylation is 3. The standard InChI is InChI=1S/C14H17BrClN3/c1-8-6-10(4-5-11(8)15)12(17)7-13-14(16)9(2)18-19(13)3/h4-6,12H,7,17H2,1-3H3. The van der Waals surface area contributed by atoms with E-state index in [9.17, 15) is 0 Å². The minimum absolute atomic E-state index is 0.0842. The Bertz CT molecular complexity index is 607. The maximum Gasteiger partial charge on any atom is 0.0847 e. The van der Waals surface area contributed by atoms with Crippen molar-refractivity contribution in [3.05, 3.63) is 50.2 Å². The minimum Gasteiger partial charge on any atom is -0.324 e. The normalized spacial score (nSPS) is 12.7. The van der Waals surface area contributed by atoms with E-state index in [1.165, 1.54) is 5.56 Å². The molecule has 2 rings (SSSR count). The Morgan fingerprint density at radius 1 is 1.42 bits per heavy atom. The summed E-state index contributed by atoms with van der Waals surface area (Å²) >= 11 is 9.75. The number of benzene rings is 1. The molecule has 0 bridgehead atoms. The smallest absolute Gasteiger partial charge is 0.0847 e. The maximum atomic E-state index is 6.28. The molecule has 3 nitrogen and oxygen atoms in total. The fraction of sp³-hybridized carbons (Fsp3) is 0.357. The quantitative estimate of drug-likeness (QED) is 0.924. The van der Waals surface area contributed by atoms with Gasteiger partial charge in [-0.1, -0.05) is 39.7 Å². The van der Waals surface area contributed by atoms with E-state index < -0.39 is 0 Å². The molecule has 0 saturated heterocycles. The van der Waals surface area contributed by atoms with Crippen LogP contribution in [0.25, 0.3) is 0 Å². The molecular formula is C14H17BrClN3. The predicted molar refractivity (Wildman–Crippen MR) is 82.5 cm³/mol. The summed E-state index contributed by atoms with van der Waals surface area (Å²) in [6.45, 7) is 3.96. The van der Waals surface area contributed by atoms with Crippen LogP contribution in [0.15, 0.2) is 22.7 Å². The molecule has 0 spiro atoms. The van der Waals surface area contributed by atoms with Gasteiger partial charge in [-0.05, 0) is 31.0 Å². The number of aromatic nitrogens is 2. The van der Waals surface area contributed by atoms with Crippen LogP contribution in [0.4, 0.5) is 0 Å². The lowest BCUT2D eigenvalue weighted by Gasteiger charge is -2.14. The van der Waals surface area contributed by atoms with Gasteiger partial charge in [0, 0.05) is 24.0 Å². The largest absolute Gasteiger partial charge is 0.324 e. The third-order valence-corrected chi connectivity index (χ3v) is 4.67. The van der Waals surface area contributed by atoms with Gasteiger partial charge in [-0.25, -0.2) is 0 Å². The zero-order valence-corrected chi connectivity index (χ0v) is 13.6. The first-order valence-corrected chi connectivity index (χ1v) is 7.27. The van der Waals surface area contributed by atoms with Crippen molar-refractivity contribution in [1.82, 2.24) is 9.78 Å². The number of nitrogens with zero attached hydrogens (tertiary/aromatic N) is 2. The molecule has 2 N–H and O–H groups in total. The Balaban J connectivity index is 2.25. The van der Waals surface area contributed by atoms with Crippen LogP contribution in [-0.4, -0.2) is 9.78 Å². The van der Waals surface area contributed by atoms with E-state index in [4.69, 9.17) is 17.3 Å². The molecule has 2 aromatic rings. The van der Waals surface area contributed by atoms with Crippen LogP contribution in [0.3, 0.4) is 0 Å². The van der Waals surface area contributed by atoms with Crippen molar-refractivity contribution < 1.29 is 0 Å². The highest BCUT2D eigenvalue weighted by molar-refractivity contribution is 9.10. The van der Waals surface area contributed by atoms with Crippen LogP contribution in [0.2, 0.25) is 5.02 Å². The summed E-state index contributed by atoms with van der Waals surface area (Å²) in [6, 6.07) is 6.09. The molecule has 0 aliphatic heterocycles. The zero-order valence-electron chi connectivity index (χ0n) is 11.2. The number of halogens is 2. The molecule has 1 heterocycles. The molecule has 0 saturated carbocycles. The van der Waals surface area contributed by atoms with Crippen molar-refractivity contribution in [2.45, 2.75) is 26.3 Å². The molecule has 0 radical (unpaired) electrons. The van der Waals surface area contributed by atoms with Gasteiger partial charge in [0.25, 0.3) is 0 Å². The van der Waals surface area contributed by atoms with Crippen molar-refractivity contribution in [2.75, 3.05) is 0 Å². The van der Waals surface area contributed by atoms with E-state index in [1.807, 2.05) is 30.8 Å². The first-order chi connectivity index (χ1) is 8.90. The molecule has 0 aliphatic carbocycles. The molecule has 1 unspecified atom stereocenters. The van der Waals surface area contributed by atoms with Crippen LogP contribution < -0.4 is 5.73 Å². The number of hydrogen-bond acceptors (Lipinski definition) is 2. The summed E-state index contributed by atoms with van der Waals surface area (Å²) in [5.74, 6) is 0. The van der Waals surface area contributed by atoms with Gasteiger partial charge in [0.05, 0.1) is 16.4 Å². The van der Waals surface area contributed by atoms with Crippen LogP contribution in [0.5, 0.6) is 0 Å². The van der Waals surface area contributed by atoms with Gasteiger partial charge in [-0.3, -0.25) is 4.68 Å². The fourth-order valence-electron chi connectivity index (χ4n) is 2.13. The molecule has 0 amide bonds. The van der Waals surface area contributed by atoms with E-state index >= 15 is 0 Å². The Kier molecular flexibility index (Phi) is 4.33. The molecule has 0 fully saturated rings. The van der Waals surface area contributed by atoms with Gasteiger partial charge in [0.15, 0.2) is 0 Å². The van der Waals surface area contributed by atoms with E-state index in [0.29, 0.717) is 11.4 Å². The zero-order chi connectivity index (χ0) is 14.2. The molecule has 102 valence electrons. The Morgan fingerprint density at radius 3 is 2.63 bits per heavy atom. The summed E-state index contributed by atoms with van der Waals surface area (Å²) in [4.78, 5) is 0. The van der Waals surface area contributed by atoms with Gasteiger partial charge >= 0.3 is 0 Å². The lowest BCUT2D eigenvalue weighted by atomic mass is 10.0. The highest BCUT2D eigenvalue weighted by atomic mass is 79.9. The minimum atomic E-state index is -0.0842. The monoisotopic (exact) mass is 341 g/mol. The van der Waals surface area contributed by atoms with Crippen molar-refractivity contribution in [2.24, 2.45) is 12.8 Å². The highest BCUT2D eigenvalue weighted by Gasteiger charge is 2.16. The van der Waals surface area contributed by atoms with Crippen molar-refractivity contribution >= 4 is 27.5 Å². The third-order valence-electron chi connectivity index (χ3n) is 3.29. The average Bonchev–Trinajstić information content (AvgIpc) is 2.59. The molecular weight excluding hydrogens is 326 g/mol. The van der Waals surface area contributed by atoms with Crippen LogP contribution in [0, 0.1) is 13.8 Å². The predicted octanol–water partition coefficient (Wildman–Crippen LogP) is 3.70. The molecule has 1 aromatic heterocycles. The van der Waals surface area contributed by atoms with Crippen LogP contribution in [-0.2, 0) is 13.5 Å². The van der Waals surface area contributed by atoms with Gasteiger partial charge in [-0.2, -0.15) is 5.10 Å². The first-order valence-electron chi connectivity index (χ1n) is 6.09. The second-order valence-corrected chi connectivity index (χ2v) is 6.02. The first kappa shape index (κ1) is 14.6. The fourth-order valence-corrected chi connectivity index (χ4v) is 2.61. The summed E-state index contributed by atoms with van der Waals surface area (Å²) in [5, 5.41) is 5.03. The number of nitrogens with two attached hydrogens (primary N) is 1. The molecule has 1 atom stereocenters. The Labute approximate surface area is 126 Å². The molecule has 0 aliphatic rings. The summed E-state index contributed by atoms with van der Waals surface area (Å²) in [5.41, 5.74) is 10.4. The lowest BCUT2D eigenvalue weighted by Crippen LogP contribution is -2.15. The van der Waals surface area contributed by atoms with Crippen molar-refractivity contribution in [3.63, 3.8) is 0 Å². The Hall–Kier alpha value is -0.840. The molecule has 1 aromatic carbocycles. The second kappa shape index (κ2) is 5.65. The van der Waals surface area contributed by atoms with Gasteiger partial charge in [0.2, 0.25) is 0 Å². The van der Waals surface area contributed by atoms with E-state index in [-0.39, 0.29) is 6.04 Å². The van der Waals surface area contributed by atoms with Gasteiger partial charge in [-0.15, -0.1) is 0 Å².